The van der Waals surface area contributed by atoms with Gasteiger partial charge in [-0.2, -0.15) is 23.3 Å². The molecular weight excluding hydrogens is 495 g/mol. The highest BCUT2D eigenvalue weighted by molar-refractivity contribution is 7.22. The number of H-pyrrole nitrogens is 1. The van der Waals surface area contributed by atoms with Crippen LogP contribution in [-0.4, -0.2) is 63.2 Å². The van der Waals surface area contributed by atoms with Crippen LogP contribution in [0.25, 0.3) is 32.7 Å². The quantitative estimate of drug-likeness (QED) is 0.300. The lowest BCUT2D eigenvalue weighted by molar-refractivity contribution is -0.189. The van der Waals surface area contributed by atoms with E-state index in [2.05, 4.69) is 42.5 Å². The monoisotopic (exact) mass is 517 g/mol. The molecule has 2 N–H and O–H groups in total. The number of anilines is 1. The van der Waals surface area contributed by atoms with Crippen molar-refractivity contribution >= 4 is 32.8 Å². The van der Waals surface area contributed by atoms with Gasteiger partial charge < -0.3 is 15.0 Å². The fourth-order valence-corrected chi connectivity index (χ4v) is 5.16. The van der Waals surface area contributed by atoms with Crippen molar-refractivity contribution in [2.45, 2.75) is 38.0 Å². The maximum Gasteiger partial charge on any atom is 0.491 e. The number of carbonyl (C=O) groups excluding carboxylic acids is 1. The predicted octanol–water partition coefficient (Wildman–Crippen LogP) is 4.19. The number of carbonyl (C=O) groups is 1. The number of benzene rings is 1. The van der Waals surface area contributed by atoms with E-state index in [9.17, 15) is 18.0 Å². The third kappa shape index (κ3) is 4.88. The lowest BCUT2D eigenvalue weighted by Gasteiger charge is -2.34. The first-order valence-corrected chi connectivity index (χ1v) is 12.0. The Hall–Kier alpha value is -3.58. The predicted molar refractivity (Wildman–Crippen MR) is 129 cm³/mol. The van der Waals surface area contributed by atoms with Crippen LogP contribution in [0.15, 0.2) is 36.7 Å². The Bertz CT molecular complexity index is 1390. The van der Waals surface area contributed by atoms with Crippen LogP contribution in [0.5, 0.6) is 5.75 Å². The minimum absolute atomic E-state index is 0.199. The summed E-state index contributed by atoms with van der Waals surface area (Å²) in [5, 5.41) is 19.1. The maximum atomic E-state index is 13.0. The molecule has 0 aliphatic carbocycles. The normalized spacial score (nSPS) is 18.4. The van der Waals surface area contributed by atoms with Crippen molar-refractivity contribution in [3.63, 3.8) is 0 Å². The molecule has 13 heteroatoms. The van der Waals surface area contributed by atoms with Crippen LogP contribution < -0.4 is 15.0 Å². The van der Waals surface area contributed by atoms with E-state index in [1.807, 2.05) is 7.05 Å². The van der Waals surface area contributed by atoms with Crippen LogP contribution in [-0.2, 0) is 4.79 Å². The average molecular weight is 518 g/mol. The van der Waals surface area contributed by atoms with E-state index in [1.54, 1.807) is 24.4 Å². The summed E-state index contributed by atoms with van der Waals surface area (Å²) < 4.78 is 44.4. The maximum absolute atomic E-state index is 13.0. The standard InChI is InChI=1S/C23H22F3N7O2S/c1-12-7-15(5-6-27-12)33(2)22-30-20-19(36-22)9-17(31-32-20)16-4-3-13(14-10-28-29-11-14)8-18(16)35-21(34)23(24,25)26/h3-4,8-12,15,27H,5-7H2,1-2H3,(H,28,29)/t12-,15+/m1/s1. The number of fused-ring (bicyclic) bond motifs is 1. The number of thiazole rings is 1. The highest BCUT2D eigenvalue weighted by atomic mass is 32.1. The second-order valence-electron chi connectivity index (χ2n) is 8.64. The molecule has 3 aromatic heterocycles. The van der Waals surface area contributed by atoms with E-state index in [1.165, 1.54) is 23.6 Å². The molecule has 1 aromatic carbocycles. The molecule has 188 valence electrons. The first-order valence-electron chi connectivity index (χ1n) is 11.2. The van der Waals surface area contributed by atoms with E-state index in [0.29, 0.717) is 28.9 Å². The molecule has 1 aliphatic rings. The second kappa shape index (κ2) is 9.47. The molecule has 0 unspecified atom stereocenters. The Labute approximate surface area is 207 Å². The lowest BCUT2D eigenvalue weighted by atomic mass is 10.00. The molecule has 1 fully saturated rings. The second-order valence-corrected chi connectivity index (χ2v) is 9.65. The number of rotatable bonds is 5. The van der Waals surface area contributed by atoms with Crippen molar-refractivity contribution < 1.29 is 22.7 Å². The first kappa shape index (κ1) is 24.1. The molecule has 1 aliphatic heterocycles. The number of aromatic amines is 1. The summed E-state index contributed by atoms with van der Waals surface area (Å²) in [7, 11) is 2.00. The smallest absolute Gasteiger partial charge is 0.419 e. The largest absolute Gasteiger partial charge is 0.491 e. The molecule has 5 rings (SSSR count). The number of hydrogen-bond acceptors (Lipinski definition) is 9. The van der Waals surface area contributed by atoms with Gasteiger partial charge in [-0.05, 0) is 50.1 Å². The minimum Gasteiger partial charge on any atom is -0.419 e. The van der Waals surface area contributed by atoms with Crippen LogP contribution in [0, 0.1) is 0 Å². The summed E-state index contributed by atoms with van der Waals surface area (Å²) in [5.74, 6) is -2.60. The number of ether oxygens (including phenoxy) is 1. The van der Waals surface area contributed by atoms with Gasteiger partial charge in [-0.25, -0.2) is 4.79 Å². The lowest BCUT2D eigenvalue weighted by Crippen LogP contribution is -2.45. The van der Waals surface area contributed by atoms with Crippen molar-refractivity contribution in [3.05, 3.63) is 36.7 Å². The fourth-order valence-electron chi connectivity index (χ4n) is 4.19. The summed E-state index contributed by atoms with van der Waals surface area (Å²) >= 11 is 1.43. The van der Waals surface area contributed by atoms with Crippen LogP contribution in [0.4, 0.5) is 18.3 Å². The molecule has 0 bridgehead atoms. The van der Waals surface area contributed by atoms with Crippen molar-refractivity contribution in [3.8, 4) is 28.1 Å². The summed E-state index contributed by atoms with van der Waals surface area (Å²) in [6.45, 7) is 3.08. The number of piperidine rings is 1. The van der Waals surface area contributed by atoms with Gasteiger partial charge in [0.25, 0.3) is 0 Å². The van der Waals surface area contributed by atoms with Gasteiger partial charge in [-0.3, -0.25) is 5.10 Å². The van der Waals surface area contributed by atoms with Crippen molar-refractivity contribution in [1.29, 1.82) is 0 Å². The molecule has 36 heavy (non-hydrogen) atoms. The van der Waals surface area contributed by atoms with Crippen molar-refractivity contribution in [1.82, 2.24) is 30.7 Å². The van der Waals surface area contributed by atoms with Gasteiger partial charge in [-0.15, -0.1) is 10.2 Å². The summed E-state index contributed by atoms with van der Waals surface area (Å²) in [5.41, 5.74) is 2.04. The number of aromatic nitrogens is 5. The number of nitrogens with one attached hydrogen (secondary N) is 2. The fraction of sp³-hybridized carbons (Fsp3) is 0.348. The molecule has 4 aromatic rings. The summed E-state index contributed by atoms with van der Waals surface area (Å²) in [6.07, 6.45) is -0.0871. The average Bonchev–Trinajstić information content (AvgIpc) is 3.53. The Morgan fingerprint density at radius 1 is 1.22 bits per heavy atom. The number of halogens is 3. The highest BCUT2D eigenvalue weighted by Crippen LogP contribution is 2.37. The first-order chi connectivity index (χ1) is 17.2. The number of esters is 1. The van der Waals surface area contributed by atoms with E-state index in [-0.39, 0.29) is 17.0 Å². The number of nitrogens with zero attached hydrogens (tertiary/aromatic N) is 5. The van der Waals surface area contributed by atoms with Crippen LogP contribution in [0.2, 0.25) is 0 Å². The molecule has 0 radical (unpaired) electrons. The summed E-state index contributed by atoms with van der Waals surface area (Å²) in [4.78, 5) is 18.4. The molecule has 0 saturated carbocycles. The van der Waals surface area contributed by atoms with Crippen molar-refractivity contribution in [2.75, 3.05) is 18.5 Å². The molecule has 9 nitrogen and oxygen atoms in total. The Morgan fingerprint density at radius 3 is 2.78 bits per heavy atom. The van der Waals surface area contributed by atoms with Gasteiger partial charge in [0.05, 0.1) is 16.6 Å². The van der Waals surface area contributed by atoms with Crippen LogP contribution in [0.3, 0.4) is 0 Å². The zero-order valence-electron chi connectivity index (χ0n) is 19.3. The molecular formula is C23H22F3N7O2S. The van der Waals surface area contributed by atoms with Crippen molar-refractivity contribution in [2.24, 2.45) is 0 Å². The Morgan fingerprint density at radius 2 is 2.06 bits per heavy atom. The topological polar surface area (TPSA) is 109 Å². The van der Waals surface area contributed by atoms with Crippen LogP contribution in [0.1, 0.15) is 19.8 Å². The SMILES string of the molecule is C[C@@H]1C[C@@H](N(C)c2nc3nnc(-c4ccc(-c5cn[nH]c5)cc4OC(=O)C(F)(F)F)cc3s2)CCN1. The van der Waals surface area contributed by atoms with E-state index >= 15 is 0 Å². The van der Waals surface area contributed by atoms with Crippen LogP contribution >= 0.6 is 11.3 Å². The third-order valence-corrected chi connectivity index (χ3v) is 7.19. The Kier molecular flexibility index (Phi) is 6.35. The number of alkyl halides is 3. The highest BCUT2D eigenvalue weighted by Gasteiger charge is 2.42. The van der Waals surface area contributed by atoms with Gasteiger partial charge in [-0.1, -0.05) is 17.4 Å². The van der Waals surface area contributed by atoms with E-state index in [0.717, 1.165) is 29.2 Å². The molecule has 0 spiro atoms. The van der Waals surface area contributed by atoms with Gasteiger partial charge in [0.15, 0.2) is 10.8 Å². The van der Waals surface area contributed by atoms with E-state index < -0.39 is 12.1 Å². The minimum atomic E-state index is -5.15. The third-order valence-electron chi connectivity index (χ3n) is 6.11. The molecule has 4 heterocycles. The van der Waals surface area contributed by atoms with Gasteiger partial charge in [0.1, 0.15) is 5.75 Å². The Balaban J connectivity index is 1.50. The molecule has 0 amide bonds. The van der Waals surface area contributed by atoms with Gasteiger partial charge in [0, 0.05) is 36.5 Å². The van der Waals surface area contributed by atoms with Gasteiger partial charge >= 0.3 is 12.1 Å². The van der Waals surface area contributed by atoms with Gasteiger partial charge in [0.2, 0.25) is 0 Å². The summed E-state index contributed by atoms with van der Waals surface area (Å²) in [6, 6.07) is 7.01. The zero-order chi connectivity index (χ0) is 25.4. The zero-order valence-corrected chi connectivity index (χ0v) is 20.2. The number of hydrogen-bond donors (Lipinski definition) is 2. The molecule has 2 atom stereocenters. The van der Waals surface area contributed by atoms with E-state index in [4.69, 9.17) is 4.74 Å². The molecule has 1 saturated heterocycles.